The number of benzene rings is 2. The summed E-state index contributed by atoms with van der Waals surface area (Å²) in [5, 5.41) is 10.1. The molecule has 0 amide bonds. The first-order valence-corrected chi connectivity index (χ1v) is 15.1. The highest BCUT2D eigenvalue weighted by Crippen LogP contribution is 2.55. The highest BCUT2D eigenvalue weighted by molar-refractivity contribution is 9.10. The molecule has 0 spiro atoms. The number of halogens is 2. The predicted octanol–water partition coefficient (Wildman–Crippen LogP) is 7.84. The number of carboxylic acids is 1. The maximum atomic E-state index is 14.0. The second kappa shape index (κ2) is 11.1. The lowest BCUT2D eigenvalue weighted by Gasteiger charge is -2.49. The van der Waals surface area contributed by atoms with Gasteiger partial charge in [-0.3, -0.25) is 14.4 Å². The fraction of sp³-hybridized carbons (Fsp3) is 0.424. The number of rotatable bonds is 7. The van der Waals surface area contributed by atoms with Crippen molar-refractivity contribution in [3.05, 3.63) is 85.6 Å². The van der Waals surface area contributed by atoms with Gasteiger partial charge in [0.2, 0.25) is 0 Å². The van der Waals surface area contributed by atoms with Crippen molar-refractivity contribution in [2.75, 3.05) is 6.54 Å². The van der Waals surface area contributed by atoms with Crippen LogP contribution in [0.25, 0.3) is 0 Å². The van der Waals surface area contributed by atoms with Crippen LogP contribution in [0.5, 0.6) is 5.75 Å². The van der Waals surface area contributed by atoms with Crippen molar-refractivity contribution < 1.29 is 24.2 Å². The Labute approximate surface area is 254 Å². The maximum Gasteiger partial charge on any atom is 0.305 e. The Kier molecular flexibility index (Phi) is 7.99. The molecule has 0 bridgehead atoms. The summed E-state index contributed by atoms with van der Waals surface area (Å²) in [5.74, 6) is -1.03. The van der Waals surface area contributed by atoms with E-state index in [-0.39, 0.29) is 35.4 Å². The number of carbonyl (C=O) groups is 3. The lowest BCUT2D eigenvalue weighted by molar-refractivity contribution is -0.137. The van der Waals surface area contributed by atoms with Crippen LogP contribution in [0.2, 0.25) is 5.02 Å². The molecule has 1 heterocycles. The number of ketones is 2. The lowest BCUT2D eigenvalue weighted by Crippen LogP contribution is -2.45. The van der Waals surface area contributed by atoms with Crippen molar-refractivity contribution in [2.45, 2.75) is 72.3 Å². The lowest BCUT2D eigenvalue weighted by atomic mass is 9.63. The molecule has 41 heavy (non-hydrogen) atoms. The number of carboxylic acid groups (broad SMARTS) is 1. The summed E-state index contributed by atoms with van der Waals surface area (Å²) in [5.41, 5.74) is 3.83. The number of allylic oxidation sites excluding steroid dienone is 4. The summed E-state index contributed by atoms with van der Waals surface area (Å²) in [6, 6.07) is 13.2. The quantitative estimate of drug-likeness (QED) is 0.332. The standard InChI is InChI=1S/C33H35BrClNO5/c1-32(2)14-23-30(25(37)16-32)29(31-24(36(23)12-11-28(39)40)15-33(3,4)17-26(31)38)22-13-21(35)9-10-27(22)41-18-19-5-7-20(34)8-6-19/h5-10,13,29H,11-12,14-18H2,1-4H3,(H,39,40). The molecule has 2 aromatic rings. The summed E-state index contributed by atoms with van der Waals surface area (Å²) in [7, 11) is 0. The predicted molar refractivity (Wildman–Crippen MR) is 162 cm³/mol. The highest BCUT2D eigenvalue weighted by atomic mass is 79.9. The highest BCUT2D eigenvalue weighted by Gasteiger charge is 2.49. The van der Waals surface area contributed by atoms with Gasteiger partial charge in [0.15, 0.2) is 11.6 Å². The Balaban J connectivity index is 1.70. The molecule has 0 aromatic heterocycles. The molecule has 2 aliphatic carbocycles. The fourth-order valence-electron chi connectivity index (χ4n) is 6.45. The number of aliphatic carboxylic acids is 1. The molecule has 8 heteroatoms. The van der Waals surface area contributed by atoms with Crippen LogP contribution in [0.1, 0.15) is 76.8 Å². The van der Waals surface area contributed by atoms with Crippen molar-refractivity contribution in [1.82, 2.24) is 4.90 Å². The van der Waals surface area contributed by atoms with E-state index in [9.17, 15) is 19.5 Å². The minimum absolute atomic E-state index is 0.0235. The molecule has 0 saturated heterocycles. The molecular formula is C33H35BrClNO5. The third-order valence-corrected chi connectivity index (χ3v) is 8.93. The van der Waals surface area contributed by atoms with E-state index >= 15 is 0 Å². The maximum absolute atomic E-state index is 14.0. The third-order valence-electron chi connectivity index (χ3n) is 8.16. The minimum atomic E-state index is -0.919. The Bertz CT molecular complexity index is 1430. The number of ether oxygens (including phenoxy) is 1. The van der Waals surface area contributed by atoms with Crippen LogP contribution in [-0.2, 0) is 21.0 Å². The Morgan fingerprint density at radius 3 is 2.05 bits per heavy atom. The summed E-state index contributed by atoms with van der Waals surface area (Å²) in [4.78, 5) is 41.7. The third kappa shape index (κ3) is 6.17. The van der Waals surface area contributed by atoms with Crippen molar-refractivity contribution in [1.29, 1.82) is 0 Å². The molecular weight excluding hydrogens is 606 g/mol. The fourth-order valence-corrected chi connectivity index (χ4v) is 6.90. The molecule has 0 radical (unpaired) electrons. The van der Waals surface area contributed by atoms with Crippen LogP contribution in [-0.4, -0.2) is 34.1 Å². The van der Waals surface area contributed by atoms with Crippen LogP contribution in [0.3, 0.4) is 0 Å². The van der Waals surface area contributed by atoms with E-state index in [0.29, 0.717) is 59.8 Å². The molecule has 3 aliphatic rings. The molecule has 1 aliphatic heterocycles. The van der Waals surface area contributed by atoms with Gasteiger partial charge in [-0.05, 0) is 59.6 Å². The van der Waals surface area contributed by atoms with Crippen LogP contribution in [0.4, 0.5) is 0 Å². The van der Waals surface area contributed by atoms with Gasteiger partial charge in [0.05, 0.1) is 6.42 Å². The normalized spacial score (nSPS) is 20.2. The number of Topliss-reactive ketones (excluding diaryl/α,β-unsaturated/α-hetero) is 2. The van der Waals surface area contributed by atoms with Crippen LogP contribution >= 0.6 is 27.5 Å². The second-order valence-corrected chi connectivity index (χ2v) is 14.3. The van der Waals surface area contributed by atoms with Crippen molar-refractivity contribution in [3.63, 3.8) is 0 Å². The topological polar surface area (TPSA) is 83.9 Å². The molecule has 5 rings (SSSR count). The average Bonchev–Trinajstić information content (AvgIpc) is 2.85. The second-order valence-electron chi connectivity index (χ2n) is 12.9. The van der Waals surface area contributed by atoms with Gasteiger partial charge in [0, 0.05) is 62.9 Å². The summed E-state index contributed by atoms with van der Waals surface area (Å²) in [6.07, 6.45) is 1.79. The Morgan fingerprint density at radius 1 is 0.951 bits per heavy atom. The van der Waals surface area contributed by atoms with Crippen molar-refractivity contribution >= 4 is 45.1 Å². The summed E-state index contributed by atoms with van der Waals surface area (Å²) < 4.78 is 7.33. The molecule has 0 fully saturated rings. The zero-order valence-corrected chi connectivity index (χ0v) is 26.2. The van der Waals surface area contributed by atoms with Crippen LogP contribution < -0.4 is 4.74 Å². The smallest absolute Gasteiger partial charge is 0.305 e. The Morgan fingerprint density at radius 2 is 1.51 bits per heavy atom. The molecule has 0 atom stereocenters. The van der Waals surface area contributed by atoms with E-state index in [4.69, 9.17) is 16.3 Å². The van der Waals surface area contributed by atoms with Gasteiger partial charge in [-0.2, -0.15) is 0 Å². The van der Waals surface area contributed by atoms with Gasteiger partial charge in [0.1, 0.15) is 12.4 Å². The summed E-state index contributed by atoms with van der Waals surface area (Å²) >= 11 is 10.0. The van der Waals surface area contributed by atoms with Gasteiger partial charge in [-0.15, -0.1) is 0 Å². The summed E-state index contributed by atoms with van der Waals surface area (Å²) in [6.45, 7) is 8.75. The zero-order chi connectivity index (χ0) is 29.7. The average molecular weight is 641 g/mol. The van der Waals surface area contributed by atoms with Gasteiger partial charge in [-0.1, -0.05) is 67.4 Å². The first-order chi connectivity index (χ1) is 19.2. The van der Waals surface area contributed by atoms with Gasteiger partial charge >= 0.3 is 5.97 Å². The number of carbonyl (C=O) groups excluding carboxylic acids is 2. The van der Waals surface area contributed by atoms with Crippen LogP contribution in [0.15, 0.2) is 69.5 Å². The minimum Gasteiger partial charge on any atom is -0.489 e. The molecule has 1 N–H and O–H groups in total. The van der Waals surface area contributed by atoms with E-state index in [2.05, 4.69) is 43.6 Å². The molecule has 0 unspecified atom stereocenters. The van der Waals surface area contributed by atoms with Gasteiger partial charge < -0.3 is 14.7 Å². The van der Waals surface area contributed by atoms with Crippen molar-refractivity contribution in [2.24, 2.45) is 10.8 Å². The molecule has 2 aromatic carbocycles. The zero-order valence-electron chi connectivity index (χ0n) is 23.9. The first-order valence-electron chi connectivity index (χ1n) is 13.9. The van der Waals surface area contributed by atoms with E-state index in [0.717, 1.165) is 21.4 Å². The molecule has 6 nitrogen and oxygen atoms in total. The number of hydrogen-bond donors (Lipinski definition) is 1. The number of hydrogen-bond acceptors (Lipinski definition) is 5. The first kappa shape index (κ1) is 29.6. The van der Waals surface area contributed by atoms with Crippen molar-refractivity contribution in [3.8, 4) is 5.75 Å². The van der Waals surface area contributed by atoms with Gasteiger partial charge in [-0.25, -0.2) is 0 Å². The molecule has 216 valence electrons. The van der Waals surface area contributed by atoms with Crippen LogP contribution in [0, 0.1) is 10.8 Å². The molecule has 0 saturated carbocycles. The number of nitrogens with zero attached hydrogens (tertiary/aromatic N) is 1. The Hall–Kier alpha value is -2.90. The largest absolute Gasteiger partial charge is 0.489 e. The van der Waals surface area contributed by atoms with Gasteiger partial charge in [0.25, 0.3) is 0 Å². The van der Waals surface area contributed by atoms with E-state index in [1.54, 1.807) is 6.07 Å². The van der Waals surface area contributed by atoms with E-state index < -0.39 is 11.9 Å². The SMILES string of the molecule is CC1(C)CC(=O)C2=C(C1)N(CCC(=O)O)C1=C(C(=O)CC(C)(C)C1)C2c1cc(Cl)ccc1OCc1ccc(Br)cc1. The van der Waals surface area contributed by atoms with E-state index in [1.807, 2.05) is 41.3 Å². The van der Waals surface area contributed by atoms with E-state index in [1.165, 1.54) is 0 Å². The monoisotopic (exact) mass is 639 g/mol.